The molecule has 2 aliphatic rings. The monoisotopic (exact) mass is 260 g/mol. The number of hydrogen-bond acceptors (Lipinski definition) is 3. The van der Waals surface area contributed by atoms with Crippen molar-refractivity contribution in [1.82, 2.24) is 4.90 Å². The molecule has 0 unspecified atom stereocenters. The van der Waals surface area contributed by atoms with Crippen molar-refractivity contribution in [2.75, 3.05) is 11.9 Å². The van der Waals surface area contributed by atoms with E-state index in [1.165, 1.54) is 4.90 Å². The van der Waals surface area contributed by atoms with E-state index < -0.39 is 5.97 Å². The number of benzene rings is 1. The number of nitrogens with one attached hydrogen (secondary N) is 1. The van der Waals surface area contributed by atoms with Crippen molar-refractivity contribution in [2.24, 2.45) is 0 Å². The van der Waals surface area contributed by atoms with Crippen molar-refractivity contribution in [3.63, 3.8) is 0 Å². The molecule has 1 aromatic rings. The van der Waals surface area contributed by atoms with Crippen LogP contribution in [0.1, 0.15) is 18.4 Å². The summed E-state index contributed by atoms with van der Waals surface area (Å²) in [5.74, 6) is -1.04. The molecule has 19 heavy (non-hydrogen) atoms. The number of amides is 1. The van der Waals surface area contributed by atoms with Crippen LogP contribution in [-0.4, -0.2) is 40.5 Å². The van der Waals surface area contributed by atoms with Crippen molar-refractivity contribution >= 4 is 17.6 Å². The third kappa shape index (κ3) is 2.41. The van der Waals surface area contributed by atoms with E-state index >= 15 is 0 Å². The first-order valence-electron chi connectivity index (χ1n) is 6.52. The fourth-order valence-corrected chi connectivity index (χ4v) is 2.57. The largest absolute Gasteiger partial charge is 0.480 e. The van der Waals surface area contributed by atoms with Crippen LogP contribution >= 0.6 is 0 Å². The summed E-state index contributed by atoms with van der Waals surface area (Å²) in [7, 11) is 0. The normalized spacial score (nSPS) is 20.5. The molecule has 1 amide bonds. The van der Waals surface area contributed by atoms with E-state index in [1.807, 2.05) is 24.3 Å². The second-order valence-corrected chi connectivity index (χ2v) is 5.15. The number of para-hydroxylation sites is 1. The van der Waals surface area contributed by atoms with Gasteiger partial charge in [0.25, 0.3) is 0 Å². The highest BCUT2D eigenvalue weighted by Gasteiger charge is 2.38. The molecule has 2 N–H and O–H groups in total. The van der Waals surface area contributed by atoms with Crippen LogP contribution in [0.5, 0.6) is 0 Å². The van der Waals surface area contributed by atoms with Gasteiger partial charge in [-0.05, 0) is 24.5 Å². The molecule has 1 aromatic carbocycles. The van der Waals surface area contributed by atoms with Crippen LogP contribution in [0, 0.1) is 0 Å². The zero-order chi connectivity index (χ0) is 13.4. The molecule has 0 spiro atoms. The summed E-state index contributed by atoms with van der Waals surface area (Å²) in [6.07, 6.45) is 2.47. The summed E-state index contributed by atoms with van der Waals surface area (Å²) < 4.78 is 0. The lowest BCUT2D eigenvalue weighted by molar-refractivity contribution is -0.145. The number of aliphatic carboxylic acids is 1. The van der Waals surface area contributed by atoms with Gasteiger partial charge in [0.2, 0.25) is 5.91 Å². The molecule has 0 aromatic heterocycles. The summed E-state index contributed by atoms with van der Waals surface area (Å²) in [5.41, 5.74) is 2.10. The highest BCUT2D eigenvalue weighted by atomic mass is 16.4. The lowest BCUT2D eigenvalue weighted by Gasteiger charge is -2.24. The van der Waals surface area contributed by atoms with Gasteiger partial charge in [-0.3, -0.25) is 9.59 Å². The average molecular weight is 260 g/mol. The SMILES string of the molecule is O=C(O)CN(C(=O)[C@@H]1Cc2ccccc2N1)C1CC1. The first-order valence-corrected chi connectivity index (χ1v) is 6.52. The molecule has 1 fully saturated rings. The Morgan fingerprint density at radius 3 is 2.68 bits per heavy atom. The highest BCUT2D eigenvalue weighted by Crippen LogP contribution is 2.30. The zero-order valence-corrected chi connectivity index (χ0v) is 10.5. The lowest BCUT2D eigenvalue weighted by atomic mass is 10.1. The topological polar surface area (TPSA) is 69.6 Å². The number of fused-ring (bicyclic) bond motifs is 1. The van der Waals surface area contributed by atoms with Gasteiger partial charge in [0.1, 0.15) is 12.6 Å². The molecule has 5 nitrogen and oxygen atoms in total. The molecular formula is C14H16N2O3. The van der Waals surface area contributed by atoms with Crippen molar-refractivity contribution in [2.45, 2.75) is 31.3 Å². The molecule has 1 aliphatic heterocycles. The smallest absolute Gasteiger partial charge is 0.323 e. The molecule has 1 saturated carbocycles. The van der Waals surface area contributed by atoms with E-state index in [-0.39, 0.29) is 24.5 Å². The minimum atomic E-state index is -0.948. The van der Waals surface area contributed by atoms with Gasteiger partial charge in [0.05, 0.1) is 0 Å². The van der Waals surface area contributed by atoms with E-state index in [0.717, 1.165) is 24.1 Å². The summed E-state index contributed by atoms with van der Waals surface area (Å²) in [6, 6.07) is 7.61. The number of rotatable bonds is 4. The Morgan fingerprint density at radius 1 is 1.32 bits per heavy atom. The predicted molar refractivity (Wildman–Crippen MR) is 69.9 cm³/mol. The Hall–Kier alpha value is -2.04. The van der Waals surface area contributed by atoms with E-state index in [9.17, 15) is 9.59 Å². The number of anilines is 1. The van der Waals surface area contributed by atoms with Gasteiger partial charge in [0, 0.05) is 18.2 Å². The van der Waals surface area contributed by atoms with Crippen LogP contribution in [0.25, 0.3) is 0 Å². The van der Waals surface area contributed by atoms with Gasteiger partial charge in [-0.15, -0.1) is 0 Å². The Morgan fingerprint density at radius 2 is 2.05 bits per heavy atom. The second kappa shape index (κ2) is 4.57. The molecule has 5 heteroatoms. The maximum atomic E-state index is 12.4. The van der Waals surface area contributed by atoms with Gasteiger partial charge in [-0.25, -0.2) is 0 Å². The minimum Gasteiger partial charge on any atom is -0.480 e. The van der Waals surface area contributed by atoms with Crippen LogP contribution in [0.15, 0.2) is 24.3 Å². The Balaban J connectivity index is 1.72. The number of carboxylic acids is 1. The predicted octanol–water partition coefficient (Wildman–Crippen LogP) is 1.10. The summed E-state index contributed by atoms with van der Waals surface area (Å²) in [6.45, 7) is -0.196. The van der Waals surface area contributed by atoms with Crippen molar-refractivity contribution in [3.05, 3.63) is 29.8 Å². The number of hydrogen-bond donors (Lipinski definition) is 2. The molecule has 1 aliphatic carbocycles. The van der Waals surface area contributed by atoms with Gasteiger partial charge in [-0.1, -0.05) is 18.2 Å². The molecule has 0 saturated heterocycles. The van der Waals surface area contributed by atoms with Gasteiger partial charge >= 0.3 is 5.97 Å². The van der Waals surface area contributed by atoms with Gasteiger partial charge in [0.15, 0.2) is 0 Å². The van der Waals surface area contributed by atoms with Gasteiger partial charge < -0.3 is 15.3 Å². The highest BCUT2D eigenvalue weighted by molar-refractivity contribution is 5.90. The third-order valence-electron chi connectivity index (χ3n) is 3.65. The molecule has 0 bridgehead atoms. The van der Waals surface area contributed by atoms with Crippen LogP contribution in [-0.2, 0) is 16.0 Å². The van der Waals surface area contributed by atoms with E-state index in [2.05, 4.69) is 5.32 Å². The van der Waals surface area contributed by atoms with Crippen LogP contribution < -0.4 is 5.32 Å². The maximum Gasteiger partial charge on any atom is 0.323 e. The number of carbonyl (C=O) groups excluding carboxylic acids is 1. The van der Waals surface area contributed by atoms with Crippen LogP contribution in [0.3, 0.4) is 0 Å². The van der Waals surface area contributed by atoms with Gasteiger partial charge in [-0.2, -0.15) is 0 Å². The molecule has 0 radical (unpaired) electrons. The lowest BCUT2D eigenvalue weighted by Crippen LogP contribution is -2.45. The number of nitrogens with zero attached hydrogens (tertiary/aromatic N) is 1. The minimum absolute atomic E-state index is 0.0962. The maximum absolute atomic E-state index is 12.4. The number of carbonyl (C=O) groups is 2. The van der Waals surface area contributed by atoms with E-state index in [1.54, 1.807) is 0 Å². The first kappa shape index (κ1) is 12.0. The Labute approximate surface area is 111 Å². The molecule has 1 heterocycles. The summed E-state index contributed by atoms with van der Waals surface area (Å²) >= 11 is 0. The zero-order valence-electron chi connectivity index (χ0n) is 10.5. The number of carboxylic acid groups (broad SMARTS) is 1. The summed E-state index contributed by atoms with van der Waals surface area (Å²) in [4.78, 5) is 24.8. The molecular weight excluding hydrogens is 244 g/mol. The van der Waals surface area contributed by atoms with E-state index in [0.29, 0.717) is 6.42 Å². The standard InChI is InChI=1S/C14H16N2O3/c17-13(18)8-16(10-5-6-10)14(19)12-7-9-3-1-2-4-11(9)15-12/h1-4,10,12,15H,5-8H2,(H,17,18)/t12-/m0/s1. The Kier molecular flexibility index (Phi) is 2.89. The third-order valence-corrected chi connectivity index (χ3v) is 3.65. The average Bonchev–Trinajstić information content (AvgIpc) is 3.13. The quantitative estimate of drug-likeness (QED) is 0.850. The second-order valence-electron chi connectivity index (χ2n) is 5.15. The fraction of sp³-hybridized carbons (Fsp3) is 0.429. The van der Waals surface area contributed by atoms with Crippen LogP contribution in [0.4, 0.5) is 5.69 Å². The van der Waals surface area contributed by atoms with E-state index in [4.69, 9.17) is 5.11 Å². The fourth-order valence-electron chi connectivity index (χ4n) is 2.57. The Bertz CT molecular complexity index is 500. The van der Waals surface area contributed by atoms with Crippen molar-refractivity contribution in [3.8, 4) is 0 Å². The molecule has 1 atom stereocenters. The van der Waals surface area contributed by atoms with Crippen LogP contribution in [0.2, 0.25) is 0 Å². The van der Waals surface area contributed by atoms with Crippen molar-refractivity contribution < 1.29 is 14.7 Å². The first-order chi connectivity index (χ1) is 9.15. The summed E-state index contributed by atoms with van der Waals surface area (Å²) in [5, 5.41) is 12.1. The van der Waals surface area contributed by atoms with Crippen molar-refractivity contribution in [1.29, 1.82) is 0 Å². The molecule has 3 rings (SSSR count). The molecule has 100 valence electrons.